The van der Waals surface area contributed by atoms with Crippen LogP contribution >= 0.6 is 17.0 Å². The molecule has 0 fully saturated rings. The molecule has 6 rings (SSSR count). The van der Waals surface area contributed by atoms with Gasteiger partial charge in [0.05, 0.1) is 0 Å². The first-order valence-electron chi connectivity index (χ1n) is 16.9. The number of rotatable bonds is 10. The summed E-state index contributed by atoms with van der Waals surface area (Å²) in [6, 6.07) is 33.2. The topological polar surface area (TPSA) is 0 Å². The van der Waals surface area contributed by atoms with E-state index in [1.807, 2.05) is 0 Å². The minimum absolute atomic E-state index is 0.102. The van der Waals surface area contributed by atoms with E-state index >= 15 is 0 Å². The molecule has 0 aliphatic heterocycles. The average Bonchev–Trinajstić information content (AvgIpc) is 3.64. The summed E-state index contributed by atoms with van der Waals surface area (Å²) in [6.07, 6.45) is 9.70. The maximum absolute atomic E-state index is 8.77. The molecule has 0 heterocycles. The van der Waals surface area contributed by atoms with E-state index in [4.69, 9.17) is 17.0 Å². The Morgan fingerprint density at radius 3 is 1.91 bits per heavy atom. The van der Waals surface area contributed by atoms with Crippen LogP contribution in [0.5, 0.6) is 0 Å². The molecule has 0 N–H and O–H groups in total. The molecule has 0 aromatic heterocycles. The molecule has 0 spiro atoms. The van der Waals surface area contributed by atoms with Crippen molar-refractivity contribution in [3.63, 3.8) is 0 Å². The normalized spacial score (nSPS) is 18.4. The van der Waals surface area contributed by atoms with Gasteiger partial charge in [-0.2, -0.15) is 0 Å². The van der Waals surface area contributed by atoms with Crippen LogP contribution in [0.15, 0.2) is 102 Å². The number of benzene rings is 4. The van der Waals surface area contributed by atoms with Crippen molar-refractivity contribution in [2.24, 2.45) is 5.92 Å². The summed E-state index contributed by atoms with van der Waals surface area (Å²) in [4.78, 5) is 0. The van der Waals surface area contributed by atoms with Gasteiger partial charge in [-0.15, -0.1) is 0 Å². The van der Waals surface area contributed by atoms with Crippen LogP contribution in [0.4, 0.5) is 0 Å². The molecule has 4 aromatic carbocycles. The van der Waals surface area contributed by atoms with Crippen LogP contribution in [0.25, 0.3) is 34.4 Å². The predicted molar refractivity (Wildman–Crippen MR) is 199 cm³/mol. The van der Waals surface area contributed by atoms with Crippen molar-refractivity contribution in [3.8, 4) is 22.3 Å². The van der Waals surface area contributed by atoms with E-state index < -0.39 is 21.5 Å². The van der Waals surface area contributed by atoms with Crippen LogP contribution in [-0.2, 0) is 15.6 Å². The molecule has 0 radical (unpaired) electrons. The molecular weight excluding hydrogens is 683 g/mol. The second kappa shape index (κ2) is 12.9. The van der Waals surface area contributed by atoms with Gasteiger partial charge in [-0.1, -0.05) is 0 Å². The second-order valence-corrected chi connectivity index (χ2v) is 56.5. The molecule has 0 amide bonds. The Hall–Kier alpha value is -1.96. The summed E-state index contributed by atoms with van der Waals surface area (Å²) in [6.45, 7) is 14.2. The zero-order chi connectivity index (χ0) is 32.0. The van der Waals surface area contributed by atoms with E-state index in [0.717, 1.165) is 6.42 Å². The van der Waals surface area contributed by atoms with Crippen LogP contribution in [0, 0.1) is 12.8 Å². The Labute approximate surface area is 280 Å². The van der Waals surface area contributed by atoms with Gasteiger partial charge in [0, 0.05) is 0 Å². The number of fused-ring (bicyclic) bond motifs is 2. The number of allylic oxidation sites excluding steroid dienone is 2. The van der Waals surface area contributed by atoms with Gasteiger partial charge in [-0.25, -0.2) is 0 Å². The zero-order valence-corrected chi connectivity index (χ0v) is 32.8. The number of unbranched alkanes of at least 4 members (excludes halogenated alkanes) is 2. The zero-order valence-electron chi connectivity index (χ0n) is 27.7. The molecule has 4 aromatic rings. The molecule has 45 heavy (non-hydrogen) atoms. The van der Waals surface area contributed by atoms with E-state index in [9.17, 15) is 0 Å². The predicted octanol–water partition coefficient (Wildman–Crippen LogP) is 13.1. The third kappa shape index (κ3) is 5.57. The Morgan fingerprint density at radius 1 is 0.711 bits per heavy atom. The van der Waals surface area contributed by atoms with Gasteiger partial charge in [0.1, 0.15) is 0 Å². The fraction of sp³-hybridized carbons (Fsp3) is 0.317. The van der Waals surface area contributed by atoms with Crippen molar-refractivity contribution in [1.82, 2.24) is 0 Å². The summed E-state index contributed by atoms with van der Waals surface area (Å²) >= 11 is -4.87. The number of hydrogen-bond donors (Lipinski definition) is 0. The van der Waals surface area contributed by atoms with E-state index in [1.165, 1.54) is 80.5 Å². The molecular formula is C41H47Cl2SiZr. The van der Waals surface area contributed by atoms with Gasteiger partial charge in [-0.3, -0.25) is 0 Å². The van der Waals surface area contributed by atoms with Crippen LogP contribution in [0.2, 0.25) is 13.1 Å². The van der Waals surface area contributed by atoms with Crippen molar-refractivity contribution in [1.29, 1.82) is 0 Å². The van der Waals surface area contributed by atoms with Crippen molar-refractivity contribution in [3.05, 3.63) is 130 Å². The monoisotopic (exact) mass is 727 g/mol. The minimum atomic E-state index is -4.87. The first kappa shape index (κ1) is 33.0. The number of aryl methyl sites for hydroxylation is 1. The maximum atomic E-state index is 8.77. The molecule has 0 saturated heterocycles. The molecule has 0 bridgehead atoms. The molecule has 4 heteroatoms. The SMILES string of the molecule is CCCCCC1=Cc2c(-c3ccccc3)ccc(C)c2[CH]1[Zr]([Cl])([Cl])([CH]1C(C(C)C)=Cc2c(-c3ccccc3)cccc21)[SiH](C)C. The van der Waals surface area contributed by atoms with Gasteiger partial charge < -0.3 is 0 Å². The summed E-state index contributed by atoms with van der Waals surface area (Å²) < 4.78 is 0.223. The summed E-state index contributed by atoms with van der Waals surface area (Å²) in [5.74, 6) is -1.28. The number of halogens is 2. The first-order chi connectivity index (χ1) is 21.6. The molecule has 2 atom stereocenters. The van der Waals surface area contributed by atoms with Gasteiger partial charge in [0.2, 0.25) is 0 Å². The van der Waals surface area contributed by atoms with Crippen LogP contribution < -0.4 is 0 Å². The van der Waals surface area contributed by atoms with E-state index in [0.29, 0.717) is 5.92 Å². The molecule has 2 aliphatic rings. The Kier molecular flexibility index (Phi) is 9.46. The summed E-state index contributed by atoms with van der Waals surface area (Å²) in [5.41, 5.74) is 14.9. The summed E-state index contributed by atoms with van der Waals surface area (Å²) in [7, 11) is 17.5. The van der Waals surface area contributed by atoms with Crippen molar-refractivity contribution in [2.45, 2.75) is 73.7 Å². The van der Waals surface area contributed by atoms with Crippen LogP contribution in [0.3, 0.4) is 0 Å². The van der Waals surface area contributed by atoms with Gasteiger partial charge >= 0.3 is 283 Å². The van der Waals surface area contributed by atoms with Crippen molar-refractivity contribution >= 4 is 35.1 Å². The first-order valence-corrected chi connectivity index (χ1v) is 33.3. The van der Waals surface area contributed by atoms with E-state index in [-0.39, 0.29) is 7.25 Å². The molecule has 0 nitrogen and oxygen atoms in total. The van der Waals surface area contributed by atoms with E-state index in [1.54, 1.807) is 0 Å². The van der Waals surface area contributed by atoms with Crippen molar-refractivity contribution in [2.75, 3.05) is 0 Å². The van der Waals surface area contributed by atoms with Gasteiger partial charge in [0.25, 0.3) is 0 Å². The summed E-state index contributed by atoms with van der Waals surface area (Å²) in [5, 5.41) is 0. The second-order valence-electron chi connectivity index (χ2n) is 14.0. The van der Waals surface area contributed by atoms with Crippen LogP contribution in [0.1, 0.15) is 81.5 Å². The third-order valence-corrected chi connectivity index (χ3v) is 62.4. The Morgan fingerprint density at radius 2 is 1.33 bits per heavy atom. The van der Waals surface area contributed by atoms with Crippen molar-refractivity contribution < 1.29 is 15.6 Å². The standard InChI is InChI=1S/C21H23.C18H17.C2H7Si.2ClH.Zr/c1-3-4-6-9-17-14-20-16(2)12-13-19(21(20)15-17)18-10-7-5-8-11-18;1-13(2)16-11-15-9-6-10-17(18(15)12-16)14-7-4-3-5-8-14;1-3-2;;;/h5,7-8,10-15H,3-4,6,9H2,1-2H3;3-13H,1-2H3;3H,1-2H3;2*1H;/q;;;;;+2/p-2. The molecule has 2 unspecified atom stereocenters. The molecule has 0 saturated carbocycles. The fourth-order valence-corrected chi connectivity index (χ4v) is 39.8. The fourth-order valence-electron chi connectivity index (χ4n) is 8.28. The molecule has 233 valence electrons. The van der Waals surface area contributed by atoms with Gasteiger partial charge in [0.15, 0.2) is 0 Å². The van der Waals surface area contributed by atoms with Crippen LogP contribution in [-0.4, -0.2) is 5.92 Å². The van der Waals surface area contributed by atoms with Gasteiger partial charge in [-0.05, 0) is 0 Å². The average molecular weight is 730 g/mol. The van der Waals surface area contributed by atoms with E-state index in [2.05, 4.69) is 144 Å². The number of hydrogen-bond acceptors (Lipinski definition) is 0. The Balaban J connectivity index is 1.63. The Bertz CT molecular complexity index is 1770. The third-order valence-electron chi connectivity index (χ3n) is 10.7. The molecule has 2 aliphatic carbocycles. The quantitative estimate of drug-likeness (QED) is 0.113.